The minimum absolute atomic E-state index is 0.329. The molecule has 1 aromatic heterocycles. The van der Waals surface area contributed by atoms with Crippen LogP contribution in [0.5, 0.6) is 5.75 Å². The minimum Gasteiger partial charge on any atom is -0.421 e. The Bertz CT molecular complexity index is 673. The highest BCUT2D eigenvalue weighted by atomic mass is 16.5. The third-order valence-electron chi connectivity index (χ3n) is 5.53. The summed E-state index contributed by atoms with van der Waals surface area (Å²) in [6.07, 6.45) is 13.9. The summed E-state index contributed by atoms with van der Waals surface area (Å²) in [5, 5.41) is 0. The molecule has 138 valence electrons. The van der Waals surface area contributed by atoms with Crippen LogP contribution in [0.1, 0.15) is 80.1 Å². The molecule has 1 aliphatic rings. The molecule has 1 fully saturated rings. The Hall–Kier alpha value is -2.16. The fraction of sp³-hybridized carbons (Fsp3) is 0.478. The van der Waals surface area contributed by atoms with Crippen LogP contribution in [0.2, 0.25) is 0 Å². The molecular weight excluding hydrogens is 322 g/mol. The van der Waals surface area contributed by atoms with Crippen molar-refractivity contribution in [2.24, 2.45) is 5.92 Å². The summed E-state index contributed by atoms with van der Waals surface area (Å²) in [6, 6.07) is 11.5. The van der Waals surface area contributed by atoms with Crippen LogP contribution in [0, 0.1) is 5.92 Å². The molecule has 0 atom stereocenters. The first-order valence-electron chi connectivity index (χ1n) is 9.98. The van der Waals surface area contributed by atoms with E-state index in [4.69, 9.17) is 4.74 Å². The summed E-state index contributed by atoms with van der Waals surface area (Å²) in [7, 11) is 0. The lowest BCUT2D eigenvalue weighted by Crippen LogP contribution is -2.14. The molecule has 0 spiro atoms. The van der Waals surface area contributed by atoms with Crippen LogP contribution in [0.15, 0.2) is 48.8 Å². The second-order valence-corrected chi connectivity index (χ2v) is 7.41. The van der Waals surface area contributed by atoms with E-state index >= 15 is 0 Å². The van der Waals surface area contributed by atoms with Crippen molar-refractivity contribution in [3.05, 3.63) is 59.9 Å². The molecule has 26 heavy (non-hydrogen) atoms. The van der Waals surface area contributed by atoms with Gasteiger partial charge in [0, 0.05) is 6.20 Å². The van der Waals surface area contributed by atoms with Gasteiger partial charge in [-0.15, -0.1) is 0 Å². The zero-order chi connectivity index (χ0) is 18.2. The van der Waals surface area contributed by atoms with E-state index in [9.17, 15) is 4.79 Å². The Morgan fingerprint density at radius 2 is 1.85 bits per heavy atom. The van der Waals surface area contributed by atoms with Crippen molar-refractivity contribution in [2.45, 2.75) is 64.2 Å². The highest BCUT2D eigenvalue weighted by Gasteiger charge is 2.22. The number of benzene rings is 1. The standard InChI is InChI=1S/C23H29NO2/c1-2-3-4-6-18-8-10-19(11-9-18)20-12-14-21(15-13-20)23(25)26-22-7-5-16-24-17-22/h5,7,12-19H,2-4,6,8-11H2,1H3. The van der Waals surface area contributed by atoms with Gasteiger partial charge in [-0.1, -0.05) is 44.7 Å². The fourth-order valence-corrected chi connectivity index (χ4v) is 3.93. The number of carbonyl (C=O) groups excluding carboxylic acids is 1. The van der Waals surface area contributed by atoms with Gasteiger partial charge in [-0.2, -0.15) is 0 Å². The van der Waals surface area contributed by atoms with Crippen LogP contribution in [0.3, 0.4) is 0 Å². The number of rotatable bonds is 7. The van der Waals surface area contributed by atoms with Crippen LogP contribution in [0.25, 0.3) is 0 Å². The Labute approximate surface area is 156 Å². The average molecular weight is 351 g/mol. The van der Waals surface area contributed by atoms with Crippen molar-refractivity contribution in [3.63, 3.8) is 0 Å². The maximum atomic E-state index is 12.2. The lowest BCUT2D eigenvalue weighted by Gasteiger charge is -2.29. The van der Waals surface area contributed by atoms with Crippen LogP contribution >= 0.6 is 0 Å². The summed E-state index contributed by atoms with van der Waals surface area (Å²) in [5.41, 5.74) is 1.95. The molecule has 0 N–H and O–H groups in total. The van der Waals surface area contributed by atoms with Gasteiger partial charge in [0.15, 0.2) is 0 Å². The second kappa shape index (κ2) is 9.51. The fourth-order valence-electron chi connectivity index (χ4n) is 3.93. The van der Waals surface area contributed by atoms with E-state index in [0.717, 1.165) is 5.92 Å². The number of hydrogen-bond donors (Lipinski definition) is 0. The number of ether oxygens (including phenoxy) is 1. The molecule has 1 aliphatic carbocycles. The minimum atomic E-state index is -0.329. The first-order valence-corrected chi connectivity index (χ1v) is 9.98. The van der Waals surface area contributed by atoms with Crippen molar-refractivity contribution >= 4 is 5.97 Å². The monoisotopic (exact) mass is 351 g/mol. The summed E-state index contributed by atoms with van der Waals surface area (Å²) >= 11 is 0. The number of hydrogen-bond acceptors (Lipinski definition) is 3. The number of pyridine rings is 1. The molecule has 0 aliphatic heterocycles. The molecule has 0 saturated heterocycles. The summed E-state index contributed by atoms with van der Waals surface area (Å²) in [5.74, 6) is 1.71. The van der Waals surface area contributed by atoms with Crippen LogP contribution in [-0.4, -0.2) is 11.0 Å². The van der Waals surface area contributed by atoms with Gasteiger partial charge in [0.2, 0.25) is 0 Å². The third-order valence-corrected chi connectivity index (χ3v) is 5.53. The van der Waals surface area contributed by atoms with Crippen LogP contribution < -0.4 is 4.74 Å². The quantitative estimate of drug-likeness (QED) is 0.443. The molecule has 1 saturated carbocycles. The van der Waals surface area contributed by atoms with E-state index in [1.807, 2.05) is 12.1 Å². The highest BCUT2D eigenvalue weighted by Crippen LogP contribution is 2.37. The topological polar surface area (TPSA) is 39.2 Å². The highest BCUT2D eigenvalue weighted by molar-refractivity contribution is 5.91. The number of esters is 1. The predicted molar refractivity (Wildman–Crippen MR) is 104 cm³/mol. The van der Waals surface area contributed by atoms with Gasteiger partial charge < -0.3 is 4.74 Å². The molecule has 1 heterocycles. The van der Waals surface area contributed by atoms with Crippen LogP contribution in [0.4, 0.5) is 0 Å². The molecule has 3 rings (SSSR count). The smallest absolute Gasteiger partial charge is 0.343 e. The molecule has 3 nitrogen and oxygen atoms in total. The third kappa shape index (κ3) is 5.17. The SMILES string of the molecule is CCCCCC1CCC(c2ccc(C(=O)Oc3cccnc3)cc2)CC1. The molecule has 0 radical (unpaired) electrons. The number of aromatic nitrogens is 1. The van der Waals surface area contributed by atoms with E-state index < -0.39 is 0 Å². The Morgan fingerprint density at radius 3 is 2.50 bits per heavy atom. The number of unbranched alkanes of at least 4 members (excludes halogenated alkanes) is 2. The van der Waals surface area contributed by atoms with Gasteiger partial charge in [-0.05, 0) is 67.3 Å². The Morgan fingerprint density at radius 1 is 1.08 bits per heavy atom. The lowest BCUT2D eigenvalue weighted by molar-refractivity contribution is 0.0734. The lowest BCUT2D eigenvalue weighted by atomic mass is 9.77. The van der Waals surface area contributed by atoms with E-state index in [1.165, 1.54) is 56.9 Å². The first kappa shape index (κ1) is 18.6. The molecule has 1 aromatic carbocycles. The van der Waals surface area contributed by atoms with Gasteiger partial charge in [-0.3, -0.25) is 4.98 Å². The van der Waals surface area contributed by atoms with Gasteiger partial charge in [0.1, 0.15) is 5.75 Å². The Kier molecular flexibility index (Phi) is 6.82. The van der Waals surface area contributed by atoms with Crippen molar-refractivity contribution in [1.82, 2.24) is 4.98 Å². The van der Waals surface area contributed by atoms with Crippen molar-refractivity contribution in [3.8, 4) is 5.75 Å². The zero-order valence-corrected chi connectivity index (χ0v) is 15.7. The molecule has 3 heteroatoms. The van der Waals surface area contributed by atoms with Crippen molar-refractivity contribution < 1.29 is 9.53 Å². The second-order valence-electron chi connectivity index (χ2n) is 7.41. The van der Waals surface area contributed by atoms with Crippen molar-refractivity contribution in [2.75, 3.05) is 0 Å². The number of nitrogens with zero attached hydrogens (tertiary/aromatic N) is 1. The number of carbonyl (C=O) groups is 1. The van der Waals surface area contributed by atoms with Gasteiger partial charge in [0.25, 0.3) is 0 Å². The molecule has 0 unspecified atom stereocenters. The van der Waals surface area contributed by atoms with E-state index in [0.29, 0.717) is 17.2 Å². The summed E-state index contributed by atoms with van der Waals surface area (Å²) < 4.78 is 5.35. The summed E-state index contributed by atoms with van der Waals surface area (Å²) in [4.78, 5) is 16.2. The molecule has 0 amide bonds. The van der Waals surface area contributed by atoms with Crippen LogP contribution in [-0.2, 0) is 0 Å². The maximum absolute atomic E-state index is 12.2. The van der Waals surface area contributed by atoms with Gasteiger partial charge >= 0.3 is 5.97 Å². The predicted octanol–water partition coefficient (Wildman–Crippen LogP) is 6.15. The molecule has 0 bridgehead atoms. The van der Waals surface area contributed by atoms with Gasteiger partial charge in [-0.25, -0.2) is 4.79 Å². The zero-order valence-electron chi connectivity index (χ0n) is 15.7. The van der Waals surface area contributed by atoms with Gasteiger partial charge in [0.05, 0.1) is 11.8 Å². The van der Waals surface area contributed by atoms with E-state index in [-0.39, 0.29) is 5.97 Å². The van der Waals surface area contributed by atoms with E-state index in [2.05, 4.69) is 24.0 Å². The van der Waals surface area contributed by atoms with Crippen molar-refractivity contribution in [1.29, 1.82) is 0 Å². The normalized spacial score (nSPS) is 19.9. The molecular formula is C23H29NO2. The Balaban J connectivity index is 1.51. The summed E-state index contributed by atoms with van der Waals surface area (Å²) in [6.45, 7) is 2.27. The molecule has 2 aromatic rings. The van der Waals surface area contributed by atoms with E-state index in [1.54, 1.807) is 24.5 Å². The average Bonchev–Trinajstić information content (AvgIpc) is 2.70. The largest absolute Gasteiger partial charge is 0.421 e. The first-order chi connectivity index (χ1) is 12.8. The maximum Gasteiger partial charge on any atom is 0.343 e.